The summed E-state index contributed by atoms with van der Waals surface area (Å²) in [6.45, 7) is 2.26. The largest absolute Gasteiger partial charge is 0.399 e. The van der Waals surface area contributed by atoms with E-state index >= 15 is 0 Å². The Morgan fingerprint density at radius 2 is 2.00 bits per heavy atom. The van der Waals surface area contributed by atoms with Crippen molar-refractivity contribution in [2.45, 2.75) is 19.7 Å². The third kappa shape index (κ3) is 4.97. The molecule has 3 aromatic rings. The van der Waals surface area contributed by atoms with Crippen LogP contribution in [-0.4, -0.2) is 32.5 Å². The van der Waals surface area contributed by atoms with Crippen molar-refractivity contribution in [2.75, 3.05) is 12.3 Å². The number of nitrogens with two attached hydrogens (primary N) is 2. The van der Waals surface area contributed by atoms with Crippen LogP contribution >= 0.6 is 11.8 Å². The monoisotopic (exact) mass is 426 g/mol. The lowest BCUT2D eigenvalue weighted by Gasteiger charge is -2.22. The number of nitrogens with one attached hydrogen (secondary N) is 1. The summed E-state index contributed by atoms with van der Waals surface area (Å²) in [6, 6.07) is 16.1. The Kier molecular flexibility index (Phi) is 6.71. The van der Waals surface area contributed by atoms with E-state index in [2.05, 4.69) is 5.10 Å². The Morgan fingerprint density at radius 3 is 2.63 bits per heavy atom. The van der Waals surface area contributed by atoms with Gasteiger partial charge in [-0.2, -0.15) is 5.10 Å². The lowest BCUT2D eigenvalue weighted by atomic mass is 10.1. The first-order valence-corrected chi connectivity index (χ1v) is 9.66. The SMILES string of the molecule is CCOC(C(=O)N(Cl)Cc1ccc(C(=N)N)cc1)n1ccc(-c2cccc(N)c2)n1. The Bertz CT molecular complexity index is 1030. The van der Waals surface area contributed by atoms with Crippen LogP contribution in [0.5, 0.6) is 0 Å². The molecule has 1 aromatic heterocycles. The Balaban J connectivity index is 1.76. The van der Waals surface area contributed by atoms with E-state index in [1.165, 1.54) is 4.68 Å². The van der Waals surface area contributed by atoms with Crippen LogP contribution in [0.1, 0.15) is 24.3 Å². The van der Waals surface area contributed by atoms with E-state index in [1.54, 1.807) is 49.5 Å². The molecule has 0 saturated heterocycles. The average Bonchev–Trinajstić information content (AvgIpc) is 3.22. The molecule has 1 unspecified atom stereocenters. The van der Waals surface area contributed by atoms with Gasteiger partial charge in [0, 0.05) is 41.4 Å². The summed E-state index contributed by atoms with van der Waals surface area (Å²) < 4.78 is 8.13. The smallest absolute Gasteiger partial charge is 0.289 e. The van der Waals surface area contributed by atoms with E-state index in [4.69, 9.17) is 33.4 Å². The summed E-state index contributed by atoms with van der Waals surface area (Å²) >= 11 is 6.27. The predicted molar refractivity (Wildman–Crippen MR) is 117 cm³/mol. The molecule has 1 atom stereocenters. The van der Waals surface area contributed by atoms with E-state index in [-0.39, 0.29) is 12.4 Å². The zero-order valence-electron chi connectivity index (χ0n) is 16.5. The van der Waals surface area contributed by atoms with Crippen LogP contribution in [0.25, 0.3) is 11.3 Å². The minimum atomic E-state index is -1.00. The normalized spacial score (nSPS) is 11.8. The molecule has 156 valence electrons. The van der Waals surface area contributed by atoms with Crippen molar-refractivity contribution < 1.29 is 9.53 Å². The number of nitrogens with zero attached hydrogens (tertiary/aromatic N) is 3. The van der Waals surface area contributed by atoms with E-state index < -0.39 is 12.1 Å². The van der Waals surface area contributed by atoms with E-state index in [1.807, 2.05) is 18.2 Å². The van der Waals surface area contributed by atoms with Gasteiger partial charge < -0.3 is 16.2 Å². The topological polar surface area (TPSA) is 123 Å². The first-order valence-electron chi connectivity index (χ1n) is 9.32. The second kappa shape index (κ2) is 9.43. The van der Waals surface area contributed by atoms with Crippen molar-refractivity contribution in [2.24, 2.45) is 5.73 Å². The van der Waals surface area contributed by atoms with E-state index in [0.29, 0.717) is 23.6 Å². The first-order chi connectivity index (χ1) is 14.4. The minimum Gasteiger partial charge on any atom is -0.399 e. The van der Waals surface area contributed by atoms with Gasteiger partial charge in [0.25, 0.3) is 5.91 Å². The molecule has 0 radical (unpaired) electrons. The fourth-order valence-electron chi connectivity index (χ4n) is 2.89. The Morgan fingerprint density at radius 1 is 1.27 bits per heavy atom. The molecular weight excluding hydrogens is 404 g/mol. The summed E-state index contributed by atoms with van der Waals surface area (Å²) in [6.07, 6.45) is 0.669. The molecule has 0 spiro atoms. The maximum Gasteiger partial charge on any atom is 0.289 e. The molecule has 5 N–H and O–H groups in total. The number of anilines is 1. The number of rotatable bonds is 8. The lowest BCUT2D eigenvalue weighted by Crippen LogP contribution is -2.33. The van der Waals surface area contributed by atoms with Gasteiger partial charge in [-0.25, -0.2) is 9.10 Å². The van der Waals surface area contributed by atoms with E-state index in [0.717, 1.165) is 15.5 Å². The maximum atomic E-state index is 12.9. The highest BCUT2D eigenvalue weighted by Crippen LogP contribution is 2.22. The van der Waals surface area contributed by atoms with Crippen LogP contribution in [-0.2, 0) is 16.1 Å². The molecule has 1 amide bonds. The number of hydrogen-bond donors (Lipinski definition) is 3. The van der Waals surface area contributed by atoms with Crippen molar-refractivity contribution in [3.8, 4) is 11.3 Å². The number of ether oxygens (including phenoxy) is 1. The van der Waals surface area contributed by atoms with Gasteiger partial charge in [0.05, 0.1) is 12.2 Å². The number of nitrogen functional groups attached to an aromatic ring is 2. The summed E-state index contributed by atoms with van der Waals surface area (Å²) in [7, 11) is 0. The van der Waals surface area contributed by atoms with Gasteiger partial charge in [-0.3, -0.25) is 10.2 Å². The van der Waals surface area contributed by atoms with Gasteiger partial charge in [0.1, 0.15) is 5.84 Å². The lowest BCUT2D eigenvalue weighted by molar-refractivity contribution is -0.146. The Hall–Kier alpha value is -3.36. The fourth-order valence-corrected chi connectivity index (χ4v) is 3.11. The zero-order chi connectivity index (χ0) is 21.7. The number of hydrogen-bond acceptors (Lipinski definition) is 5. The molecule has 9 heteroatoms. The molecule has 0 aliphatic rings. The summed E-state index contributed by atoms with van der Waals surface area (Å²) in [4.78, 5) is 12.9. The fraction of sp³-hybridized carbons (Fsp3) is 0.190. The van der Waals surface area contributed by atoms with Crippen LogP contribution < -0.4 is 11.5 Å². The van der Waals surface area contributed by atoms with Crippen molar-refractivity contribution in [3.05, 3.63) is 71.9 Å². The quantitative estimate of drug-likeness (QED) is 0.221. The molecule has 2 aromatic carbocycles. The first kappa shape index (κ1) is 21.4. The van der Waals surface area contributed by atoms with Gasteiger partial charge >= 0.3 is 0 Å². The van der Waals surface area contributed by atoms with Crippen LogP contribution in [0.2, 0.25) is 0 Å². The number of carbonyl (C=O) groups excluding carboxylic acids is 1. The molecule has 0 aliphatic carbocycles. The Labute approximate surface area is 179 Å². The van der Waals surface area contributed by atoms with E-state index in [9.17, 15) is 4.79 Å². The molecule has 3 rings (SSSR count). The number of amidine groups is 1. The van der Waals surface area contributed by atoms with Crippen molar-refractivity contribution in [3.63, 3.8) is 0 Å². The van der Waals surface area contributed by atoms with Gasteiger partial charge in [0.2, 0.25) is 6.23 Å². The molecule has 30 heavy (non-hydrogen) atoms. The van der Waals surface area contributed by atoms with Gasteiger partial charge in [-0.1, -0.05) is 36.4 Å². The van der Waals surface area contributed by atoms with Crippen LogP contribution in [0.4, 0.5) is 5.69 Å². The van der Waals surface area contributed by atoms with Gasteiger partial charge in [-0.15, -0.1) is 0 Å². The number of aromatic nitrogens is 2. The highest BCUT2D eigenvalue weighted by atomic mass is 35.5. The van der Waals surface area contributed by atoms with Crippen molar-refractivity contribution >= 4 is 29.2 Å². The highest BCUT2D eigenvalue weighted by Gasteiger charge is 2.27. The maximum absolute atomic E-state index is 12.9. The van der Waals surface area contributed by atoms with Gasteiger partial charge in [0.15, 0.2) is 0 Å². The summed E-state index contributed by atoms with van der Waals surface area (Å²) in [5.74, 6) is -0.470. The molecule has 0 aliphatic heterocycles. The van der Waals surface area contributed by atoms with Crippen LogP contribution in [0.15, 0.2) is 60.8 Å². The molecular formula is C21H23ClN6O2. The average molecular weight is 427 g/mol. The van der Waals surface area contributed by atoms with Crippen molar-refractivity contribution in [1.82, 2.24) is 14.2 Å². The second-order valence-electron chi connectivity index (χ2n) is 6.58. The third-order valence-corrected chi connectivity index (χ3v) is 4.68. The second-order valence-corrected chi connectivity index (χ2v) is 6.99. The van der Waals surface area contributed by atoms with Crippen molar-refractivity contribution in [1.29, 1.82) is 5.41 Å². The standard InChI is InChI=1S/C21H23ClN6O2/c1-2-30-21(28-11-10-18(26-28)16-4-3-5-17(23)12-16)20(29)27(22)13-14-6-8-15(9-7-14)19(24)25/h3-12,21H,2,13,23H2,1H3,(H3,24,25). The molecule has 0 saturated carbocycles. The van der Waals surface area contributed by atoms with Crippen LogP contribution in [0, 0.1) is 5.41 Å². The summed E-state index contributed by atoms with van der Waals surface area (Å²) in [5.41, 5.74) is 14.8. The molecule has 0 fully saturated rings. The summed E-state index contributed by atoms with van der Waals surface area (Å²) in [5, 5.41) is 11.9. The zero-order valence-corrected chi connectivity index (χ0v) is 17.2. The van der Waals surface area contributed by atoms with Crippen LogP contribution in [0.3, 0.4) is 0 Å². The molecule has 1 heterocycles. The molecule has 0 bridgehead atoms. The number of halogens is 1. The molecule has 8 nitrogen and oxygen atoms in total. The van der Waals surface area contributed by atoms with Gasteiger partial charge in [-0.05, 0) is 30.7 Å². The minimum absolute atomic E-state index is 0.0218. The highest BCUT2D eigenvalue weighted by molar-refractivity contribution is 6.21. The third-order valence-electron chi connectivity index (χ3n) is 4.39. The number of carbonyl (C=O) groups is 1. The number of benzene rings is 2. The number of amides is 1. The predicted octanol–water partition coefficient (Wildman–Crippen LogP) is 3.13.